The molecule has 1 atom stereocenters. The minimum Gasteiger partial charge on any atom is -0.341 e. The number of anilines is 2. The number of amides is 2. The summed E-state index contributed by atoms with van der Waals surface area (Å²) in [6.45, 7) is 4.91. The highest BCUT2D eigenvalue weighted by Gasteiger charge is 2.17. The smallest absolute Gasteiger partial charge is 0.265 e. The zero-order chi connectivity index (χ0) is 24.4. The molecule has 0 spiro atoms. The van der Waals surface area contributed by atoms with Crippen molar-refractivity contribution in [2.75, 3.05) is 10.6 Å². The Hall–Kier alpha value is -3.55. The lowest BCUT2D eigenvalue weighted by atomic mass is 10.1. The third kappa shape index (κ3) is 4.83. The van der Waals surface area contributed by atoms with Gasteiger partial charge in [-0.05, 0) is 67.8 Å². The number of nitrogens with zero attached hydrogens (tertiary/aromatic N) is 1. The zero-order valence-electron chi connectivity index (χ0n) is 19.4. The van der Waals surface area contributed by atoms with Crippen LogP contribution in [-0.4, -0.2) is 21.6 Å². The highest BCUT2D eigenvalue weighted by atomic mass is 32.2. The van der Waals surface area contributed by atoms with Crippen molar-refractivity contribution >= 4 is 68.1 Å². The lowest BCUT2D eigenvalue weighted by Crippen LogP contribution is -2.22. The van der Waals surface area contributed by atoms with E-state index in [9.17, 15) is 9.59 Å². The van der Waals surface area contributed by atoms with Gasteiger partial charge in [0.2, 0.25) is 5.91 Å². The minimum absolute atomic E-state index is 0.0680. The summed E-state index contributed by atoms with van der Waals surface area (Å²) < 4.78 is 2.29. The second-order valence-corrected chi connectivity index (χ2v) is 10.6. The third-order valence-electron chi connectivity index (χ3n) is 5.88. The fraction of sp³-hybridized carbons (Fsp3) is 0.143. The first kappa shape index (κ1) is 23.2. The molecule has 0 saturated heterocycles. The van der Waals surface area contributed by atoms with Gasteiger partial charge in [-0.3, -0.25) is 9.59 Å². The van der Waals surface area contributed by atoms with Gasteiger partial charge in [-0.1, -0.05) is 30.3 Å². The summed E-state index contributed by atoms with van der Waals surface area (Å²) in [5, 5.41) is 9.88. The lowest BCUT2D eigenvalue weighted by Gasteiger charge is -2.13. The average molecular weight is 500 g/mol. The Balaban J connectivity index is 1.29. The van der Waals surface area contributed by atoms with Gasteiger partial charge in [-0.15, -0.1) is 23.1 Å². The largest absolute Gasteiger partial charge is 0.341 e. The van der Waals surface area contributed by atoms with Crippen LogP contribution in [0, 0.1) is 0 Å². The van der Waals surface area contributed by atoms with Gasteiger partial charge in [0.15, 0.2) is 0 Å². The van der Waals surface area contributed by atoms with E-state index < -0.39 is 0 Å². The molecule has 0 fully saturated rings. The molecular weight excluding hydrogens is 474 g/mol. The van der Waals surface area contributed by atoms with Crippen molar-refractivity contribution in [1.82, 2.24) is 4.57 Å². The molecule has 0 aliphatic rings. The van der Waals surface area contributed by atoms with Crippen LogP contribution < -0.4 is 10.6 Å². The normalized spacial score (nSPS) is 12.1. The number of thiophene rings is 1. The number of rotatable bonds is 7. The lowest BCUT2D eigenvalue weighted by molar-refractivity contribution is -0.115. The molecule has 2 aromatic heterocycles. The Bertz CT molecular complexity index is 1520. The summed E-state index contributed by atoms with van der Waals surface area (Å²) in [4.78, 5) is 26.9. The van der Waals surface area contributed by atoms with Gasteiger partial charge in [0.1, 0.15) is 0 Å². The molecule has 2 heterocycles. The van der Waals surface area contributed by atoms with Gasteiger partial charge < -0.3 is 15.2 Å². The number of carbonyl (C=O) groups excluding carboxylic acids is 2. The monoisotopic (exact) mass is 499 g/mol. The number of para-hydroxylation sites is 1. The van der Waals surface area contributed by atoms with E-state index in [0.29, 0.717) is 10.6 Å². The van der Waals surface area contributed by atoms with Crippen LogP contribution in [0.5, 0.6) is 0 Å². The Morgan fingerprint density at radius 3 is 2.49 bits per heavy atom. The number of aromatic nitrogens is 1. The van der Waals surface area contributed by atoms with Crippen LogP contribution in [0.3, 0.4) is 0 Å². The van der Waals surface area contributed by atoms with E-state index in [1.807, 2.05) is 54.8 Å². The molecule has 0 aliphatic carbocycles. The summed E-state index contributed by atoms with van der Waals surface area (Å²) in [6, 6.07) is 25.7. The number of hydrogen-bond acceptors (Lipinski definition) is 4. The van der Waals surface area contributed by atoms with Gasteiger partial charge in [0.25, 0.3) is 5.91 Å². The number of hydrogen-bond donors (Lipinski definition) is 2. The van der Waals surface area contributed by atoms with Crippen LogP contribution >= 0.6 is 23.1 Å². The van der Waals surface area contributed by atoms with E-state index in [1.165, 1.54) is 34.0 Å². The molecule has 0 saturated carbocycles. The molecule has 7 heteroatoms. The molecule has 3 aromatic carbocycles. The summed E-state index contributed by atoms with van der Waals surface area (Å²) in [6.07, 6.45) is 0. The van der Waals surface area contributed by atoms with Crippen LogP contribution in [0.2, 0.25) is 0 Å². The number of carbonyl (C=O) groups is 2. The first-order valence-corrected chi connectivity index (χ1v) is 13.2. The van der Waals surface area contributed by atoms with Gasteiger partial charge in [0.05, 0.1) is 10.1 Å². The standard InChI is InChI=1S/C28H25N3O2S2/c1-3-31-24-11-5-4-10-22(24)23-17-20(13-14-25(23)31)29-27(32)18(2)35-21-9-6-8-19(16-21)30-28(33)26-12-7-15-34-26/h4-18H,3H2,1-2H3,(H,29,32)(H,30,33). The molecule has 176 valence electrons. The number of aryl methyl sites for hydroxylation is 1. The first-order valence-electron chi connectivity index (χ1n) is 11.5. The van der Waals surface area contributed by atoms with Gasteiger partial charge in [-0.25, -0.2) is 0 Å². The van der Waals surface area contributed by atoms with Gasteiger partial charge in [-0.2, -0.15) is 0 Å². The van der Waals surface area contributed by atoms with Crippen LogP contribution in [0.25, 0.3) is 21.8 Å². The van der Waals surface area contributed by atoms with Crippen molar-refractivity contribution in [3.8, 4) is 0 Å². The van der Waals surface area contributed by atoms with Crippen molar-refractivity contribution in [2.24, 2.45) is 0 Å². The molecule has 0 radical (unpaired) electrons. The molecular formula is C28H25N3O2S2. The summed E-state index contributed by atoms with van der Waals surface area (Å²) in [5.41, 5.74) is 3.85. The summed E-state index contributed by atoms with van der Waals surface area (Å²) in [7, 11) is 0. The average Bonchev–Trinajstić information content (AvgIpc) is 3.51. The van der Waals surface area contributed by atoms with Crippen molar-refractivity contribution < 1.29 is 9.59 Å². The van der Waals surface area contributed by atoms with Gasteiger partial charge >= 0.3 is 0 Å². The fourth-order valence-electron chi connectivity index (χ4n) is 4.22. The number of fused-ring (bicyclic) bond motifs is 3. The quantitative estimate of drug-likeness (QED) is 0.232. The van der Waals surface area contributed by atoms with E-state index in [2.05, 4.69) is 52.5 Å². The van der Waals surface area contributed by atoms with Crippen molar-refractivity contribution in [3.63, 3.8) is 0 Å². The Morgan fingerprint density at radius 2 is 1.69 bits per heavy atom. The van der Waals surface area contributed by atoms with Crippen LogP contribution in [0.1, 0.15) is 23.5 Å². The van der Waals surface area contributed by atoms with Crippen LogP contribution in [0.15, 0.2) is 89.1 Å². The molecule has 5 rings (SSSR count). The first-order chi connectivity index (χ1) is 17.0. The Kier molecular flexibility index (Phi) is 6.61. The van der Waals surface area contributed by atoms with E-state index in [-0.39, 0.29) is 17.1 Å². The number of nitrogens with one attached hydrogen (secondary N) is 2. The van der Waals surface area contributed by atoms with Crippen LogP contribution in [-0.2, 0) is 11.3 Å². The summed E-state index contributed by atoms with van der Waals surface area (Å²) >= 11 is 2.86. The van der Waals surface area contributed by atoms with E-state index in [0.717, 1.165) is 28.0 Å². The molecule has 5 aromatic rings. The van der Waals surface area contributed by atoms with E-state index in [4.69, 9.17) is 0 Å². The highest BCUT2D eigenvalue weighted by Crippen LogP contribution is 2.32. The maximum atomic E-state index is 13.0. The predicted octanol–water partition coefficient (Wildman–Crippen LogP) is 7.25. The molecule has 2 N–H and O–H groups in total. The molecule has 5 nitrogen and oxygen atoms in total. The third-order valence-corrected chi connectivity index (χ3v) is 7.84. The predicted molar refractivity (Wildman–Crippen MR) is 148 cm³/mol. The highest BCUT2D eigenvalue weighted by molar-refractivity contribution is 8.00. The maximum Gasteiger partial charge on any atom is 0.265 e. The Labute approximate surface area is 212 Å². The van der Waals surface area contributed by atoms with Crippen LogP contribution in [0.4, 0.5) is 11.4 Å². The van der Waals surface area contributed by atoms with Crippen molar-refractivity contribution in [3.05, 3.63) is 89.1 Å². The Morgan fingerprint density at radius 1 is 0.886 bits per heavy atom. The topological polar surface area (TPSA) is 63.1 Å². The molecule has 35 heavy (non-hydrogen) atoms. The van der Waals surface area contributed by atoms with Crippen molar-refractivity contribution in [2.45, 2.75) is 30.5 Å². The molecule has 0 bridgehead atoms. The number of thioether (sulfide) groups is 1. The number of benzene rings is 3. The second kappa shape index (κ2) is 9.98. The van der Waals surface area contributed by atoms with Gasteiger partial charge in [0, 0.05) is 44.6 Å². The zero-order valence-corrected chi connectivity index (χ0v) is 21.1. The molecule has 2 amide bonds. The van der Waals surface area contributed by atoms with E-state index >= 15 is 0 Å². The maximum absolute atomic E-state index is 13.0. The van der Waals surface area contributed by atoms with E-state index in [1.54, 1.807) is 6.07 Å². The minimum atomic E-state index is -0.314. The summed E-state index contributed by atoms with van der Waals surface area (Å²) in [5.74, 6) is -0.200. The molecule has 0 aliphatic heterocycles. The fourth-order valence-corrected chi connectivity index (χ4v) is 5.77. The van der Waals surface area contributed by atoms with Crippen molar-refractivity contribution in [1.29, 1.82) is 0 Å². The SMILES string of the molecule is CCn1c2ccccc2c2cc(NC(=O)C(C)Sc3cccc(NC(=O)c4cccs4)c3)ccc21. The second-order valence-electron chi connectivity index (χ2n) is 8.20. The molecule has 1 unspecified atom stereocenters.